The Morgan fingerprint density at radius 3 is 2.61 bits per heavy atom. The summed E-state index contributed by atoms with van der Waals surface area (Å²) in [6.45, 7) is 4.36. The van der Waals surface area contributed by atoms with E-state index < -0.39 is 15.9 Å². The van der Waals surface area contributed by atoms with Gasteiger partial charge in [-0.3, -0.25) is 4.79 Å². The van der Waals surface area contributed by atoms with E-state index in [2.05, 4.69) is 0 Å². The number of amides is 1. The second kappa shape index (κ2) is 6.52. The van der Waals surface area contributed by atoms with E-state index in [0.717, 1.165) is 12.8 Å². The first-order valence-corrected chi connectivity index (χ1v) is 8.27. The Bertz CT molecular complexity index is 380. The van der Waals surface area contributed by atoms with Crippen LogP contribution in [0.3, 0.4) is 0 Å². The van der Waals surface area contributed by atoms with Crippen LogP contribution in [0.25, 0.3) is 0 Å². The molecule has 18 heavy (non-hydrogen) atoms. The average Bonchev–Trinajstić information content (AvgIpc) is 2.68. The van der Waals surface area contributed by atoms with Gasteiger partial charge in [0.25, 0.3) is 5.91 Å². The van der Waals surface area contributed by atoms with Gasteiger partial charge in [0.1, 0.15) is 6.10 Å². The first-order chi connectivity index (χ1) is 8.41. The van der Waals surface area contributed by atoms with Gasteiger partial charge in [-0.2, -0.15) is 0 Å². The van der Waals surface area contributed by atoms with Crippen LogP contribution in [-0.4, -0.2) is 56.5 Å². The van der Waals surface area contributed by atoms with Gasteiger partial charge >= 0.3 is 0 Å². The normalized spacial score (nSPS) is 23.8. The molecule has 0 radical (unpaired) electrons. The maximum Gasteiger partial charge on any atom is 0.251 e. The molecule has 106 valence electrons. The van der Waals surface area contributed by atoms with Gasteiger partial charge in [0, 0.05) is 19.7 Å². The third-order valence-corrected chi connectivity index (χ3v) is 5.14. The SMILES string of the molecule is CCCCN(C(=O)C(C)OC)C1CCS(=O)(=O)C1. The highest BCUT2D eigenvalue weighted by Gasteiger charge is 2.35. The van der Waals surface area contributed by atoms with E-state index in [1.807, 2.05) is 6.92 Å². The Balaban J connectivity index is 2.75. The summed E-state index contributed by atoms with van der Waals surface area (Å²) in [5, 5.41) is 0. The molecule has 2 atom stereocenters. The lowest BCUT2D eigenvalue weighted by Crippen LogP contribution is -2.46. The zero-order chi connectivity index (χ0) is 13.8. The van der Waals surface area contributed by atoms with E-state index in [9.17, 15) is 13.2 Å². The lowest BCUT2D eigenvalue weighted by molar-refractivity contribution is -0.143. The maximum absolute atomic E-state index is 12.2. The Labute approximate surface area is 109 Å². The van der Waals surface area contributed by atoms with Crippen molar-refractivity contribution in [2.45, 2.75) is 45.3 Å². The molecular weight excluding hydrogens is 254 g/mol. The largest absolute Gasteiger partial charge is 0.372 e. The molecule has 2 unspecified atom stereocenters. The van der Waals surface area contributed by atoms with Crippen molar-refractivity contribution in [2.75, 3.05) is 25.2 Å². The van der Waals surface area contributed by atoms with E-state index in [0.29, 0.717) is 13.0 Å². The summed E-state index contributed by atoms with van der Waals surface area (Å²) in [4.78, 5) is 13.9. The quantitative estimate of drug-likeness (QED) is 0.721. The molecule has 1 rings (SSSR count). The number of carbonyl (C=O) groups is 1. The van der Waals surface area contributed by atoms with E-state index in [1.165, 1.54) is 7.11 Å². The highest BCUT2D eigenvalue weighted by Crippen LogP contribution is 2.19. The van der Waals surface area contributed by atoms with Crippen molar-refractivity contribution in [3.63, 3.8) is 0 Å². The maximum atomic E-state index is 12.2. The average molecular weight is 277 g/mol. The minimum atomic E-state index is -2.97. The molecule has 1 amide bonds. The van der Waals surface area contributed by atoms with Gasteiger partial charge in [-0.05, 0) is 19.8 Å². The molecular formula is C12H23NO4S. The third kappa shape index (κ3) is 3.95. The van der Waals surface area contributed by atoms with Crippen molar-refractivity contribution in [1.82, 2.24) is 4.90 Å². The van der Waals surface area contributed by atoms with Gasteiger partial charge in [0.05, 0.1) is 11.5 Å². The lowest BCUT2D eigenvalue weighted by Gasteiger charge is -2.30. The minimum Gasteiger partial charge on any atom is -0.372 e. The smallest absolute Gasteiger partial charge is 0.251 e. The van der Waals surface area contributed by atoms with E-state index >= 15 is 0 Å². The molecule has 6 heteroatoms. The zero-order valence-corrected chi connectivity index (χ0v) is 12.2. The number of unbranched alkanes of at least 4 members (excludes halogenated alkanes) is 1. The van der Waals surface area contributed by atoms with Crippen LogP contribution < -0.4 is 0 Å². The fourth-order valence-electron chi connectivity index (χ4n) is 2.16. The summed E-state index contributed by atoms with van der Waals surface area (Å²) in [5.41, 5.74) is 0. The molecule has 0 bridgehead atoms. The predicted octanol–water partition coefficient (Wildman–Crippen LogP) is 0.837. The Morgan fingerprint density at radius 2 is 2.17 bits per heavy atom. The van der Waals surface area contributed by atoms with Crippen LogP contribution in [0.5, 0.6) is 0 Å². The first-order valence-electron chi connectivity index (χ1n) is 6.45. The van der Waals surface area contributed by atoms with Gasteiger partial charge < -0.3 is 9.64 Å². The van der Waals surface area contributed by atoms with E-state index in [1.54, 1.807) is 11.8 Å². The van der Waals surface area contributed by atoms with Crippen molar-refractivity contribution in [1.29, 1.82) is 0 Å². The summed E-state index contributed by atoms with van der Waals surface area (Å²) in [6, 6.07) is -0.174. The number of hydrogen-bond donors (Lipinski definition) is 0. The van der Waals surface area contributed by atoms with Crippen molar-refractivity contribution in [3.8, 4) is 0 Å². The van der Waals surface area contributed by atoms with Crippen LogP contribution in [0.15, 0.2) is 0 Å². The van der Waals surface area contributed by atoms with Gasteiger partial charge in [-0.25, -0.2) is 8.42 Å². The highest BCUT2D eigenvalue weighted by molar-refractivity contribution is 7.91. The summed E-state index contributed by atoms with van der Waals surface area (Å²) in [7, 11) is -1.47. The molecule has 0 aliphatic carbocycles. The van der Waals surface area contributed by atoms with E-state index in [-0.39, 0.29) is 23.5 Å². The van der Waals surface area contributed by atoms with Gasteiger partial charge in [-0.15, -0.1) is 0 Å². The molecule has 0 aromatic rings. The first kappa shape index (κ1) is 15.4. The predicted molar refractivity (Wildman–Crippen MR) is 70.2 cm³/mol. The standard InChI is InChI=1S/C12H23NO4S/c1-4-5-7-13(12(14)10(2)17-3)11-6-8-18(15,16)9-11/h10-11H,4-9H2,1-3H3. The molecule has 0 spiro atoms. The van der Waals surface area contributed by atoms with Crippen LogP contribution in [0.2, 0.25) is 0 Å². The molecule has 1 saturated heterocycles. The molecule has 0 aromatic heterocycles. The van der Waals surface area contributed by atoms with E-state index in [4.69, 9.17) is 4.74 Å². The Morgan fingerprint density at radius 1 is 1.50 bits per heavy atom. The summed E-state index contributed by atoms with van der Waals surface area (Å²) in [5.74, 6) is 0.182. The summed E-state index contributed by atoms with van der Waals surface area (Å²) >= 11 is 0. The molecule has 0 N–H and O–H groups in total. The second-order valence-corrected chi connectivity index (χ2v) is 7.05. The molecule has 1 heterocycles. The molecule has 1 fully saturated rings. The highest BCUT2D eigenvalue weighted by atomic mass is 32.2. The van der Waals surface area contributed by atoms with Gasteiger partial charge in [0.15, 0.2) is 9.84 Å². The van der Waals surface area contributed by atoms with Crippen LogP contribution in [0.1, 0.15) is 33.1 Å². The lowest BCUT2D eigenvalue weighted by atomic mass is 10.1. The summed E-state index contributed by atoms with van der Waals surface area (Å²) < 4.78 is 28.1. The molecule has 0 aromatic carbocycles. The van der Waals surface area contributed by atoms with Crippen LogP contribution >= 0.6 is 0 Å². The fraction of sp³-hybridized carbons (Fsp3) is 0.917. The number of carbonyl (C=O) groups excluding carboxylic acids is 1. The zero-order valence-electron chi connectivity index (χ0n) is 11.4. The number of rotatable bonds is 6. The number of hydrogen-bond acceptors (Lipinski definition) is 4. The van der Waals surface area contributed by atoms with Crippen molar-refractivity contribution in [3.05, 3.63) is 0 Å². The van der Waals surface area contributed by atoms with Crippen molar-refractivity contribution >= 4 is 15.7 Å². The van der Waals surface area contributed by atoms with Gasteiger partial charge in [-0.1, -0.05) is 13.3 Å². The van der Waals surface area contributed by atoms with Crippen molar-refractivity contribution < 1.29 is 17.9 Å². The van der Waals surface area contributed by atoms with Crippen molar-refractivity contribution in [2.24, 2.45) is 0 Å². The van der Waals surface area contributed by atoms with Gasteiger partial charge in [0.2, 0.25) is 0 Å². The Kier molecular flexibility index (Phi) is 5.59. The van der Waals surface area contributed by atoms with Crippen LogP contribution in [0.4, 0.5) is 0 Å². The monoisotopic (exact) mass is 277 g/mol. The third-order valence-electron chi connectivity index (χ3n) is 3.39. The molecule has 1 aliphatic rings. The topological polar surface area (TPSA) is 63.7 Å². The second-order valence-electron chi connectivity index (χ2n) is 4.82. The number of ether oxygens (including phenoxy) is 1. The molecule has 5 nitrogen and oxygen atoms in total. The summed E-state index contributed by atoms with van der Waals surface area (Å²) in [6.07, 6.45) is 1.91. The van der Waals surface area contributed by atoms with Crippen LogP contribution in [-0.2, 0) is 19.4 Å². The number of sulfone groups is 1. The number of nitrogens with zero attached hydrogens (tertiary/aromatic N) is 1. The molecule has 1 aliphatic heterocycles. The Hall–Kier alpha value is -0.620. The minimum absolute atomic E-state index is 0.0961. The number of methoxy groups -OCH3 is 1. The molecule has 0 saturated carbocycles. The van der Waals surface area contributed by atoms with Crippen LogP contribution in [0, 0.1) is 0 Å². The fourth-order valence-corrected chi connectivity index (χ4v) is 3.89.